The number of nitrogens with zero attached hydrogens (tertiary/aromatic N) is 2. The summed E-state index contributed by atoms with van der Waals surface area (Å²) in [6.07, 6.45) is 1.04. The summed E-state index contributed by atoms with van der Waals surface area (Å²) in [6, 6.07) is 10.7. The van der Waals surface area contributed by atoms with Crippen molar-refractivity contribution in [2.45, 2.75) is 32.9 Å². The molecule has 0 saturated carbocycles. The van der Waals surface area contributed by atoms with Gasteiger partial charge in [-0.25, -0.2) is 0 Å². The maximum Gasteiger partial charge on any atom is 0.236 e. The molecule has 0 heterocycles. The fourth-order valence-electron chi connectivity index (χ4n) is 2.06. The molecule has 1 aromatic carbocycles. The van der Waals surface area contributed by atoms with Crippen LogP contribution in [-0.4, -0.2) is 55.5 Å². The predicted octanol–water partition coefficient (Wildman–Crippen LogP) is 1.96. The number of likely N-dealkylation sites (N-methyl/N-ethyl adjacent to an activating group) is 1. The van der Waals surface area contributed by atoms with E-state index in [2.05, 4.69) is 41.5 Å². The summed E-state index contributed by atoms with van der Waals surface area (Å²) < 4.78 is 0. The highest BCUT2D eigenvalue weighted by atomic mass is 16.2. The topological polar surface area (TPSA) is 35.6 Å². The number of amides is 1. The lowest BCUT2D eigenvalue weighted by Crippen LogP contribution is -2.40. The van der Waals surface area contributed by atoms with Gasteiger partial charge < -0.3 is 15.1 Å². The van der Waals surface area contributed by atoms with Gasteiger partial charge in [0.05, 0.1) is 6.54 Å². The van der Waals surface area contributed by atoms with Gasteiger partial charge in [0.1, 0.15) is 0 Å². The molecule has 0 fully saturated rings. The minimum absolute atomic E-state index is 0.155. The number of carbonyl (C=O) groups excluding carboxylic acids is 1. The van der Waals surface area contributed by atoms with Gasteiger partial charge in [-0.15, -0.1) is 0 Å². The van der Waals surface area contributed by atoms with E-state index in [0.717, 1.165) is 26.1 Å². The van der Waals surface area contributed by atoms with Gasteiger partial charge in [-0.2, -0.15) is 0 Å². The highest BCUT2D eigenvalue weighted by Gasteiger charge is 2.10. The normalized spacial score (nSPS) is 11.1. The Labute approximate surface area is 129 Å². The van der Waals surface area contributed by atoms with Crippen LogP contribution in [0.3, 0.4) is 0 Å². The fraction of sp³-hybridized carbons (Fsp3) is 0.588. The second kappa shape index (κ2) is 9.53. The summed E-state index contributed by atoms with van der Waals surface area (Å²) in [5, 5.41) is 3.22. The van der Waals surface area contributed by atoms with Crippen molar-refractivity contribution in [2.24, 2.45) is 0 Å². The van der Waals surface area contributed by atoms with E-state index in [1.54, 1.807) is 4.90 Å². The molecule has 1 aromatic rings. The van der Waals surface area contributed by atoms with Crippen LogP contribution in [-0.2, 0) is 11.3 Å². The Bertz CT molecular complexity index is 406. The molecular formula is C17H29N3O. The third-order valence-corrected chi connectivity index (χ3v) is 3.63. The highest BCUT2D eigenvalue weighted by molar-refractivity contribution is 5.78. The standard InChI is InChI=1S/C17H29N3O/c1-15(2)20(4)17(21)13-18-11-8-12-19(3)14-16-9-6-5-7-10-16/h5-7,9-10,15,18H,8,11-14H2,1-4H3. The Kier molecular flexibility index (Phi) is 8.01. The van der Waals surface area contributed by atoms with Crippen LogP contribution in [0, 0.1) is 0 Å². The molecule has 0 saturated heterocycles. The SMILES string of the molecule is CC(C)N(C)C(=O)CNCCCN(C)Cc1ccccc1. The van der Waals surface area contributed by atoms with Crippen molar-refractivity contribution in [3.05, 3.63) is 35.9 Å². The summed E-state index contributed by atoms with van der Waals surface area (Å²) >= 11 is 0. The zero-order valence-electron chi connectivity index (χ0n) is 13.8. The van der Waals surface area contributed by atoms with E-state index in [9.17, 15) is 4.79 Å². The number of rotatable bonds is 9. The molecule has 1 N–H and O–H groups in total. The Morgan fingerprint density at radius 2 is 1.86 bits per heavy atom. The van der Waals surface area contributed by atoms with E-state index in [-0.39, 0.29) is 11.9 Å². The van der Waals surface area contributed by atoms with E-state index in [4.69, 9.17) is 0 Å². The number of hydrogen-bond acceptors (Lipinski definition) is 3. The van der Waals surface area contributed by atoms with Crippen LogP contribution in [0.1, 0.15) is 25.8 Å². The molecule has 21 heavy (non-hydrogen) atoms. The molecule has 0 aliphatic rings. The average molecular weight is 291 g/mol. The van der Waals surface area contributed by atoms with E-state index in [1.165, 1.54) is 5.56 Å². The number of nitrogens with one attached hydrogen (secondary N) is 1. The molecule has 0 aromatic heterocycles. The molecule has 4 nitrogen and oxygen atoms in total. The van der Waals surface area contributed by atoms with Gasteiger partial charge >= 0.3 is 0 Å². The second-order valence-electron chi connectivity index (χ2n) is 5.85. The van der Waals surface area contributed by atoms with Crippen LogP contribution in [0.5, 0.6) is 0 Å². The molecule has 0 spiro atoms. The maximum absolute atomic E-state index is 11.8. The monoisotopic (exact) mass is 291 g/mol. The molecule has 118 valence electrons. The van der Waals surface area contributed by atoms with Crippen molar-refractivity contribution in [3.63, 3.8) is 0 Å². The third-order valence-electron chi connectivity index (χ3n) is 3.63. The van der Waals surface area contributed by atoms with Gasteiger partial charge in [0, 0.05) is 19.6 Å². The first-order valence-electron chi connectivity index (χ1n) is 7.69. The Morgan fingerprint density at radius 1 is 1.19 bits per heavy atom. The van der Waals surface area contributed by atoms with Crippen molar-refractivity contribution < 1.29 is 4.79 Å². The van der Waals surface area contributed by atoms with Gasteiger partial charge in [0.15, 0.2) is 0 Å². The molecule has 0 atom stereocenters. The number of benzene rings is 1. The largest absolute Gasteiger partial charge is 0.342 e. The van der Waals surface area contributed by atoms with Crippen LogP contribution in [0.15, 0.2) is 30.3 Å². The van der Waals surface area contributed by atoms with Crippen LogP contribution in [0.2, 0.25) is 0 Å². The number of carbonyl (C=O) groups is 1. The first-order chi connectivity index (χ1) is 10.0. The zero-order chi connectivity index (χ0) is 15.7. The van der Waals surface area contributed by atoms with Gasteiger partial charge in [-0.3, -0.25) is 4.79 Å². The van der Waals surface area contributed by atoms with Crippen LogP contribution in [0.25, 0.3) is 0 Å². The van der Waals surface area contributed by atoms with Gasteiger partial charge in [-0.05, 0) is 46.0 Å². The average Bonchev–Trinajstić information content (AvgIpc) is 2.46. The summed E-state index contributed by atoms with van der Waals surface area (Å²) in [4.78, 5) is 15.9. The molecule has 1 amide bonds. The molecule has 0 radical (unpaired) electrons. The molecular weight excluding hydrogens is 262 g/mol. The van der Waals surface area contributed by atoms with Crippen molar-refractivity contribution >= 4 is 5.91 Å². The quantitative estimate of drug-likeness (QED) is 0.707. The van der Waals surface area contributed by atoms with E-state index in [1.807, 2.05) is 27.0 Å². The van der Waals surface area contributed by atoms with Gasteiger partial charge in [-0.1, -0.05) is 30.3 Å². The van der Waals surface area contributed by atoms with Crippen molar-refractivity contribution in [2.75, 3.05) is 33.7 Å². The lowest BCUT2D eigenvalue weighted by molar-refractivity contribution is -0.130. The Balaban J connectivity index is 2.10. The molecule has 0 unspecified atom stereocenters. The van der Waals surface area contributed by atoms with Crippen LogP contribution >= 0.6 is 0 Å². The highest BCUT2D eigenvalue weighted by Crippen LogP contribution is 2.02. The van der Waals surface area contributed by atoms with Crippen LogP contribution < -0.4 is 5.32 Å². The Hall–Kier alpha value is -1.39. The van der Waals surface area contributed by atoms with E-state index >= 15 is 0 Å². The zero-order valence-corrected chi connectivity index (χ0v) is 13.8. The van der Waals surface area contributed by atoms with Gasteiger partial charge in [0.2, 0.25) is 5.91 Å². The van der Waals surface area contributed by atoms with Crippen molar-refractivity contribution in [3.8, 4) is 0 Å². The van der Waals surface area contributed by atoms with E-state index < -0.39 is 0 Å². The van der Waals surface area contributed by atoms with Crippen molar-refractivity contribution in [1.29, 1.82) is 0 Å². The predicted molar refractivity (Wildman–Crippen MR) is 88.2 cm³/mol. The lowest BCUT2D eigenvalue weighted by Gasteiger charge is -2.21. The van der Waals surface area contributed by atoms with E-state index in [0.29, 0.717) is 6.54 Å². The van der Waals surface area contributed by atoms with Crippen LogP contribution in [0.4, 0.5) is 0 Å². The summed E-state index contributed by atoms with van der Waals surface area (Å²) in [5.74, 6) is 0.155. The minimum atomic E-state index is 0.155. The van der Waals surface area contributed by atoms with Gasteiger partial charge in [0.25, 0.3) is 0 Å². The molecule has 1 rings (SSSR count). The first kappa shape index (κ1) is 17.7. The third kappa shape index (κ3) is 7.25. The first-order valence-corrected chi connectivity index (χ1v) is 7.69. The molecule has 0 bridgehead atoms. The summed E-state index contributed by atoms with van der Waals surface area (Å²) in [7, 11) is 3.98. The van der Waals surface area contributed by atoms with Crippen molar-refractivity contribution in [1.82, 2.24) is 15.1 Å². The Morgan fingerprint density at radius 3 is 2.48 bits per heavy atom. The fourth-order valence-corrected chi connectivity index (χ4v) is 2.06. The smallest absolute Gasteiger partial charge is 0.236 e. The summed E-state index contributed by atoms with van der Waals surface area (Å²) in [5.41, 5.74) is 1.33. The maximum atomic E-state index is 11.8. The second-order valence-corrected chi connectivity index (χ2v) is 5.85. The summed E-state index contributed by atoms with van der Waals surface area (Å²) in [6.45, 7) is 7.34. The molecule has 0 aliphatic carbocycles. The minimum Gasteiger partial charge on any atom is -0.342 e. The number of hydrogen-bond donors (Lipinski definition) is 1. The molecule has 4 heteroatoms. The lowest BCUT2D eigenvalue weighted by atomic mass is 10.2. The molecule has 0 aliphatic heterocycles.